The van der Waals surface area contributed by atoms with E-state index in [1.165, 1.54) is 0 Å². The molecule has 5 heteroatoms. The molecule has 17 heavy (non-hydrogen) atoms. The van der Waals surface area contributed by atoms with Crippen LogP contribution < -0.4 is 5.43 Å². The molecule has 88 valence electrons. The van der Waals surface area contributed by atoms with Crippen LogP contribution in [0, 0.1) is 6.92 Å². The second-order valence-corrected chi connectivity index (χ2v) is 4.47. The number of thiophene rings is 1. The highest BCUT2D eigenvalue weighted by molar-refractivity contribution is 7.12. The molecular formula is C12H12N2O2S. The Morgan fingerprint density at radius 2 is 2.24 bits per heavy atom. The van der Waals surface area contributed by atoms with Crippen LogP contribution in [0.4, 0.5) is 0 Å². The molecule has 2 aromatic heterocycles. The van der Waals surface area contributed by atoms with E-state index < -0.39 is 0 Å². The van der Waals surface area contributed by atoms with Crippen molar-refractivity contribution in [2.24, 2.45) is 5.10 Å². The summed E-state index contributed by atoms with van der Waals surface area (Å²) in [4.78, 5) is 12.7. The number of furan rings is 1. The van der Waals surface area contributed by atoms with Gasteiger partial charge in [-0.05, 0) is 37.4 Å². The van der Waals surface area contributed by atoms with Crippen molar-refractivity contribution in [2.45, 2.75) is 13.8 Å². The maximum Gasteiger partial charge on any atom is 0.307 e. The summed E-state index contributed by atoms with van der Waals surface area (Å²) in [7, 11) is 0. The highest BCUT2D eigenvalue weighted by atomic mass is 32.1. The van der Waals surface area contributed by atoms with E-state index in [1.54, 1.807) is 30.4 Å². The van der Waals surface area contributed by atoms with Crippen LogP contribution in [-0.2, 0) is 0 Å². The fourth-order valence-electron chi connectivity index (χ4n) is 1.29. The smallest absolute Gasteiger partial charge is 0.307 e. The summed E-state index contributed by atoms with van der Waals surface area (Å²) >= 11 is 1.58. The predicted molar refractivity (Wildman–Crippen MR) is 67.4 cm³/mol. The fourth-order valence-corrected chi connectivity index (χ4v) is 1.96. The zero-order valence-corrected chi connectivity index (χ0v) is 10.4. The topological polar surface area (TPSA) is 54.6 Å². The van der Waals surface area contributed by atoms with Gasteiger partial charge >= 0.3 is 5.91 Å². The largest absolute Gasteiger partial charge is 0.456 e. The molecule has 2 heterocycles. The number of nitrogens with zero attached hydrogens (tertiary/aromatic N) is 1. The Bertz CT molecular complexity index is 541. The summed E-state index contributed by atoms with van der Waals surface area (Å²) in [6, 6.07) is 7.26. The average molecular weight is 248 g/mol. The summed E-state index contributed by atoms with van der Waals surface area (Å²) in [5.41, 5.74) is 3.24. The van der Waals surface area contributed by atoms with Gasteiger partial charge in [0.1, 0.15) is 5.76 Å². The molecule has 0 atom stereocenters. The van der Waals surface area contributed by atoms with Gasteiger partial charge in [0.05, 0.1) is 5.71 Å². The molecule has 0 aliphatic heterocycles. The molecule has 0 aliphatic carbocycles. The number of hydrazone groups is 1. The molecule has 0 aliphatic rings. The van der Waals surface area contributed by atoms with Crippen LogP contribution in [0.5, 0.6) is 0 Å². The fraction of sp³-hybridized carbons (Fsp3) is 0.167. The van der Waals surface area contributed by atoms with Crippen molar-refractivity contribution in [3.05, 3.63) is 46.0 Å². The Balaban J connectivity index is 2.03. The summed E-state index contributed by atoms with van der Waals surface area (Å²) in [6.45, 7) is 3.64. The zero-order chi connectivity index (χ0) is 12.3. The molecule has 0 unspecified atom stereocenters. The molecule has 0 fully saturated rings. The minimum absolute atomic E-state index is 0.269. The minimum atomic E-state index is -0.339. The molecule has 0 spiro atoms. The normalized spacial score (nSPS) is 11.5. The lowest BCUT2D eigenvalue weighted by Gasteiger charge is -1.98. The second kappa shape index (κ2) is 4.97. The third-order valence-corrected chi connectivity index (χ3v) is 3.15. The first-order valence-corrected chi connectivity index (χ1v) is 6.00. The maximum absolute atomic E-state index is 11.6. The molecular weight excluding hydrogens is 236 g/mol. The van der Waals surface area contributed by atoms with Gasteiger partial charge in [-0.15, -0.1) is 11.3 Å². The summed E-state index contributed by atoms with van der Waals surface area (Å²) in [6.07, 6.45) is 0. The second-order valence-electron chi connectivity index (χ2n) is 3.53. The number of hydrogen-bond donors (Lipinski definition) is 1. The van der Waals surface area contributed by atoms with Gasteiger partial charge in [-0.1, -0.05) is 6.07 Å². The Hall–Kier alpha value is -1.88. The minimum Gasteiger partial charge on any atom is -0.456 e. The average Bonchev–Trinajstić information content (AvgIpc) is 2.95. The Morgan fingerprint density at radius 3 is 2.82 bits per heavy atom. The van der Waals surface area contributed by atoms with Crippen LogP contribution >= 0.6 is 11.3 Å². The number of amides is 1. The standard InChI is InChI=1S/C12H12N2O2S/c1-8-5-6-10(16-8)12(15)14-13-9(2)11-4-3-7-17-11/h3-7H,1-2H3,(H,14,15)/b13-9-. The Morgan fingerprint density at radius 1 is 1.41 bits per heavy atom. The lowest BCUT2D eigenvalue weighted by atomic mass is 10.3. The third kappa shape index (κ3) is 2.82. The van der Waals surface area contributed by atoms with E-state index >= 15 is 0 Å². The van der Waals surface area contributed by atoms with E-state index in [-0.39, 0.29) is 11.7 Å². The van der Waals surface area contributed by atoms with E-state index in [4.69, 9.17) is 4.42 Å². The number of hydrogen-bond acceptors (Lipinski definition) is 4. The van der Waals surface area contributed by atoms with Crippen molar-refractivity contribution in [3.8, 4) is 0 Å². The zero-order valence-electron chi connectivity index (χ0n) is 9.56. The highest BCUT2D eigenvalue weighted by Gasteiger charge is 2.08. The van der Waals surface area contributed by atoms with Gasteiger partial charge in [0, 0.05) is 4.88 Å². The monoisotopic (exact) mass is 248 g/mol. The molecule has 0 saturated heterocycles. The molecule has 0 aromatic carbocycles. The molecule has 2 rings (SSSR count). The van der Waals surface area contributed by atoms with Crippen molar-refractivity contribution < 1.29 is 9.21 Å². The van der Waals surface area contributed by atoms with Gasteiger partial charge in [-0.25, -0.2) is 5.43 Å². The molecule has 2 aromatic rings. The van der Waals surface area contributed by atoms with E-state index in [0.29, 0.717) is 5.76 Å². The first-order valence-electron chi connectivity index (χ1n) is 5.12. The van der Waals surface area contributed by atoms with Gasteiger partial charge < -0.3 is 4.42 Å². The van der Waals surface area contributed by atoms with E-state index in [0.717, 1.165) is 10.6 Å². The van der Waals surface area contributed by atoms with Crippen LogP contribution in [-0.4, -0.2) is 11.6 Å². The molecule has 0 saturated carbocycles. The highest BCUT2D eigenvalue weighted by Crippen LogP contribution is 2.10. The van der Waals surface area contributed by atoms with Crippen LogP contribution in [0.15, 0.2) is 39.2 Å². The molecule has 1 amide bonds. The van der Waals surface area contributed by atoms with Crippen LogP contribution in [0.25, 0.3) is 0 Å². The number of aryl methyl sites for hydroxylation is 1. The molecule has 0 radical (unpaired) electrons. The molecule has 0 bridgehead atoms. The quantitative estimate of drug-likeness (QED) is 0.670. The van der Waals surface area contributed by atoms with E-state index in [1.807, 2.05) is 24.4 Å². The van der Waals surface area contributed by atoms with Crippen molar-refractivity contribution in [3.63, 3.8) is 0 Å². The summed E-state index contributed by atoms with van der Waals surface area (Å²) in [5.74, 6) is 0.633. The lowest BCUT2D eigenvalue weighted by molar-refractivity contribution is 0.0926. The van der Waals surface area contributed by atoms with Gasteiger partial charge in [0.2, 0.25) is 0 Å². The number of rotatable bonds is 3. The van der Waals surface area contributed by atoms with Crippen molar-refractivity contribution in [2.75, 3.05) is 0 Å². The first-order chi connectivity index (χ1) is 8.16. The van der Waals surface area contributed by atoms with Gasteiger partial charge in [-0.3, -0.25) is 4.79 Å². The van der Waals surface area contributed by atoms with Crippen molar-refractivity contribution in [1.29, 1.82) is 0 Å². The number of carbonyl (C=O) groups excluding carboxylic acids is 1. The van der Waals surface area contributed by atoms with Crippen LogP contribution in [0.1, 0.15) is 28.1 Å². The van der Waals surface area contributed by atoms with Crippen LogP contribution in [0.3, 0.4) is 0 Å². The maximum atomic E-state index is 11.6. The Kier molecular flexibility index (Phi) is 3.39. The van der Waals surface area contributed by atoms with Crippen LogP contribution in [0.2, 0.25) is 0 Å². The SMILES string of the molecule is C/C(=N/NC(=O)c1ccc(C)o1)c1cccs1. The van der Waals surface area contributed by atoms with Crippen molar-refractivity contribution in [1.82, 2.24) is 5.43 Å². The van der Waals surface area contributed by atoms with Gasteiger partial charge in [0.25, 0.3) is 0 Å². The molecule has 4 nitrogen and oxygen atoms in total. The molecule has 1 N–H and O–H groups in total. The third-order valence-electron chi connectivity index (χ3n) is 2.17. The van der Waals surface area contributed by atoms with Gasteiger partial charge in [-0.2, -0.15) is 5.10 Å². The Labute approximate surface area is 103 Å². The first kappa shape index (κ1) is 11.6. The number of carbonyl (C=O) groups is 1. The number of nitrogens with one attached hydrogen (secondary N) is 1. The summed E-state index contributed by atoms with van der Waals surface area (Å²) < 4.78 is 5.19. The van der Waals surface area contributed by atoms with E-state index in [9.17, 15) is 4.79 Å². The van der Waals surface area contributed by atoms with Gasteiger partial charge in [0.15, 0.2) is 5.76 Å². The van der Waals surface area contributed by atoms with Crippen molar-refractivity contribution >= 4 is 23.0 Å². The summed E-state index contributed by atoms with van der Waals surface area (Å²) in [5, 5.41) is 5.98. The lowest BCUT2D eigenvalue weighted by Crippen LogP contribution is -2.18. The van der Waals surface area contributed by atoms with E-state index in [2.05, 4.69) is 10.5 Å². The predicted octanol–water partition coefficient (Wildman–Crippen LogP) is 2.80.